The molecular weight excluding hydrogens is 236 g/mol. The molecule has 0 saturated heterocycles. The van der Waals surface area contributed by atoms with E-state index in [0.29, 0.717) is 6.61 Å². The molecule has 0 atom stereocenters. The van der Waals surface area contributed by atoms with Crippen molar-refractivity contribution in [3.05, 3.63) is 24.3 Å². The van der Waals surface area contributed by atoms with Gasteiger partial charge in [0, 0.05) is 12.4 Å². The zero-order valence-electron chi connectivity index (χ0n) is 9.84. The van der Waals surface area contributed by atoms with Crippen LogP contribution in [0.3, 0.4) is 0 Å². The number of hydrogen-bond acceptors (Lipinski definition) is 5. The van der Waals surface area contributed by atoms with E-state index in [9.17, 15) is 4.79 Å². The van der Waals surface area contributed by atoms with Crippen LogP contribution in [0, 0.1) is 0 Å². The highest BCUT2D eigenvalue weighted by Gasteiger charge is 2.13. The van der Waals surface area contributed by atoms with Gasteiger partial charge in [-0.15, -0.1) is 0 Å². The molecule has 90 valence electrons. The maximum absolute atomic E-state index is 11.4. The molecule has 0 aliphatic rings. The summed E-state index contributed by atoms with van der Waals surface area (Å²) in [5.41, 5.74) is 0.961. The lowest BCUT2D eigenvalue weighted by Crippen LogP contribution is -2.26. The van der Waals surface area contributed by atoms with Gasteiger partial charge in [0.2, 0.25) is 0 Å². The Morgan fingerprint density at radius 2 is 2.24 bits per heavy atom. The van der Waals surface area contributed by atoms with Crippen molar-refractivity contribution in [3.63, 3.8) is 0 Å². The van der Waals surface area contributed by atoms with E-state index in [-0.39, 0.29) is 12.5 Å². The number of fused-ring (bicyclic) bond motifs is 1. The van der Waals surface area contributed by atoms with Crippen LogP contribution in [-0.2, 0) is 9.53 Å². The normalized spacial score (nSPS) is 10.5. The van der Waals surface area contributed by atoms with Gasteiger partial charge in [0.1, 0.15) is 11.5 Å². The van der Waals surface area contributed by atoms with Crippen molar-refractivity contribution in [1.29, 1.82) is 0 Å². The second-order valence-corrected chi connectivity index (χ2v) is 4.42. The number of nitrogens with zero attached hydrogens (tertiary/aromatic N) is 2. The van der Waals surface area contributed by atoms with Crippen LogP contribution in [0.15, 0.2) is 24.3 Å². The summed E-state index contributed by atoms with van der Waals surface area (Å²) in [6.45, 7) is 2.47. The van der Waals surface area contributed by atoms with Gasteiger partial charge in [-0.1, -0.05) is 12.1 Å². The lowest BCUT2D eigenvalue weighted by Gasteiger charge is -2.15. The van der Waals surface area contributed by atoms with Crippen LogP contribution in [0.1, 0.15) is 6.92 Å². The van der Waals surface area contributed by atoms with Crippen LogP contribution in [0.25, 0.3) is 10.9 Å². The van der Waals surface area contributed by atoms with E-state index >= 15 is 0 Å². The highest BCUT2D eigenvalue weighted by atomic mass is 32.1. The van der Waals surface area contributed by atoms with E-state index in [1.807, 2.05) is 36.2 Å². The Morgan fingerprint density at radius 3 is 3.00 bits per heavy atom. The van der Waals surface area contributed by atoms with Gasteiger partial charge in [0.15, 0.2) is 0 Å². The molecule has 0 amide bonds. The molecule has 1 aromatic heterocycles. The molecule has 0 aliphatic heterocycles. The highest BCUT2D eigenvalue weighted by Crippen LogP contribution is 2.29. The second kappa shape index (κ2) is 5.14. The molecular formula is C12H14N2O2S. The lowest BCUT2D eigenvalue weighted by atomic mass is 10.2. The van der Waals surface area contributed by atoms with Crippen molar-refractivity contribution < 1.29 is 9.53 Å². The third-order valence-corrected chi connectivity index (χ3v) is 3.38. The lowest BCUT2D eigenvalue weighted by molar-refractivity contribution is -0.141. The standard InChI is InChI=1S/C12H14N2O2S/c1-3-16-11(15)8-14(2)12-9-6-4-5-7-10(9)13-17-12/h4-7H,3,8H2,1-2H3. The van der Waals surface area contributed by atoms with Gasteiger partial charge in [-0.2, -0.15) is 4.37 Å². The third kappa shape index (κ3) is 2.55. The molecule has 2 aromatic rings. The maximum Gasteiger partial charge on any atom is 0.325 e. The van der Waals surface area contributed by atoms with E-state index in [2.05, 4.69) is 4.37 Å². The Labute approximate surface area is 104 Å². The molecule has 0 bridgehead atoms. The Morgan fingerprint density at radius 1 is 1.47 bits per heavy atom. The molecule has 1 heterocycles. The predicted molar refractivity (Wildman–Crippen MR) is 69.5 cm³/mol. The molecule has 0 spiro atoms. The fourth-order valence-corrected chi connectivity index (χ4v) is 2.44. The van der Waals surface area contributed by atoms with Crippen LogP contribution in [0.2, 0.25) is 0 Å². The fraction of sp³-hybridized carbons (Fsp3) is 0.333. The summed E-state index contributed by atoms with van der Waals surface area (Å²) < 4.78 is 9.27. The second-order valence-electron chi connectivity index (χ2n) is 3.67. The monoisotopic (exact) mass is 250 g/mol. The van der Waals surface area contributed by atoms with Crippen molar-refractivity contribution in [1.82, 2.24) is 4.37 Å². The number of benzene rings is 1. The zero-order chi connectivity index (χ0) is 12.3. The average molecular weight is 250 g/mol. The number of ether oxygens (including phenoxy) is 1. The molecule has 17 heavy (non-hydrogen) atoms. The van der Waals surface area contributed by atoms with Gasteiger partial charge in [0.25, 0.3) is 0 Å². The number of carbonyl (C=O) groups is 1. The molecule has 0 N–H and O–H groups in total. The first-order valence-electron chi connectivity index (χ1n) is 5.43. The molecule has 0 saturated carbocycles. The summed E-state index contributed by atoms with van der Waals surface area (Å²) in [5.74, 6) is -0.215. The topological polar surface area (TPSA) is 42.4 Å². The third-order valence-electron chi connectivity index (χ3n) is 2.38. The van der Waals surface area contributed by atoms with Crippen molar-refractivity contribution in [2.75, 3.05) is 25.1 Å². The smallest absolute Gasteiger partial charge is 0.325 e. The summed E-state index contributed by atoms with van der Waals surface area (Å²) >= 11 is 1.40. The van der Waals surface area contributed by atoms with Gasteiger partial charge in [-0.25, -0.2) is 0 Å². The Hall–Kier alpha value is -1.62. The SMILES string of the molecule is CCOC(=O)CN(C)c1snc2ccccc12. The quantitative estimate of drug-likeness (QED) is 0.781. The summed E-state index contributed by atoms with van der Waals surface area (Å²) in [5, 5.41) is 2.07. The molecule has 0 fully saturated rings. The number of esters is 1. The minimum absolute atomic E-state index is 0.215. The fourth-order valence-electron chi connectivity index (χ4n) is 1.62. The highest BCUT2D eigenvalue weighted by molar-refractivity contribution is 7.11. The summed E-state index contributed by atoms with van der Waals surface area (Å²) in [6.07, 6.45) is 0. The van der Waals surface area contributed by atoms with Crippen molar-refractivity contribution in [3.8, 4) is 0 Å². The molecule has 2 rings (SSSR count). The van der Waals surface area contributed by atoms with E-state index in [4.69, 9.17) is 4.74 Å². The summed E-state index contributed by atoms with van der Waals surface area (Å²) in [6, 6.07) is 7.90. The number of anilines is 1. The summed E-state index contributed by atoms with van der Waals surface area (Å²) in [7, 11) is 1.87. The van der Waals surface area contributed by atoms with E-state index < -0.39 is 0 Å². The van der Waals surface area contributed by atoms with Gasteiger partial charge < -0.3 is 9.64 Å². The zero-order valence-corrected chi connectivity index (χ0v) is 10.7. The minimum Gasteiger partial charge on any atom is -0.465 e. The summed E-state index contributed by atoms with van der Waals surface area (Å²) in [4.78, 5) is 13.3. The van der Waals surface area contributed by atoms with Crippen molar-refractivity contribution in [2.45, 2.75) is 6.92 Å². The number of hydrogen-bond donors (Lipinski definition) is 0. The van der Waals surface area contributed by atoms with Gasteiger partial charge in [-0.05, 0) is 30.6 Å². The van der Waals surface area contributed by atoms with E-state index in [1.54, 1.807) is 6.92 Å². The van der Waals surface area contributed by atoms with Crippen molar-refractivity contribution in [2.24, 2.45) is 0 Å². The predicted octanol–water partition coefficient (Wildman–Crippen LogP) is 2.30. The molecule has 0 aliphatic carbocycles. The number of rotatable bonds is 4. The Balaban J connectivity index is 2.19. The average Bonchev–Trinajstić information content (AvgIpc) is 2.72. The molecule has 0 unspecified atom stereocenters. The molecule has 5 heteroatoms. The number of aromatic nitrogens is 1. The van der Waals surface area contributed by atoms with Crippen LogP contribution in [0.4, 0.5) is 5.00 Å². The van der Waals surface area contributed by atoms with Gasteiger partial charge in [-0.3, -0.25) is 4.79 Å². The number of carbonyl (C=O) groups excluding carboxylic acids is 1. The Bertz CT molecular complexity index is 524. The Kier molecular flexibility index (Phi) is 3.58. The largest absolute Gasteiger partial charge is 0.465 e. The van der Waals surface area contributed by atoms with Crippen LogP contribution in [0.5, 0.6) is 0 Å². The van der Waals surface area contributed by atoms with Crippen LogP contribution in [-0.4, -0.2) is 30.5 Å². The number of likely N-dealkylation sites (N-methyl/N-ethyl adjacent to an activating group) is 1. The molecule has 1 aromatic carbocycles. The van der Waals surface area contributed by atoms with Crippen LogP contribution >= 0.6 is 11.5 Å². The first-order valence-corrected chi connectivity index (χ1v) is 6.21. The van der Waals surface area contributed by atoms with E-state index in [0.717, 1.165) is 15.9 Å². The van der Waals surface area contributed by atoms with Crippen molar-refractivity contribution >= 4 is 33.4 Å². The molecule has 0 radical (unpaired) electrons. The maximum atomic E-state index is 11.4. The van der Waals surface area contributed by atoms with E-state index in [1.165, 1.54) is 11.5 Å². The van der Waals surface area contributed by atoms with Gasteiger partial charge >= 0.3 is 5.97 Å². The van der Waals surface area contributed by atoms with Gasteiger partial charge in [0.05, 0.1) is 12.1 Å². The van der Waals surface area contributed by atoms with Crippen LogP contribution < -0.4 is 4.90 Å². The minimum atomic E-state index is -0.215. The first kappa shape index (κ1) is 11.9. The first-order chi connectivity index (χ1) is 8.22. The molecule has 4 nitrogen and oxygen atoms in total.